The molecule has 0 bridgehead atoms. The number of unbranched alkanes of at least 4 members (excludes halogenated alkanes) is 2. The number of sulfonamides is 1. The van der Waals surface area contributed by atoms with Crippen LogP contribution in [-0.2, 0) is 10.0 Å². The summed E-state index contributed by atoms with van der Waals surface area (Å²) < 4.78 is 27.6. The first kappa shape index (κ1) is 17.5. The highest BCUT2D eigenvalue weighted by molar-refractivity contribution is 9.10. The van der Waals surface area contributed by atoms with E-state index < -0.39 is 10.0 Å². The lowest BCUT2D eigenvalue weighted by molar-refractivity contribution is 0.395. The van der Waals surface area contributed by atoms with Crippen molar-refractivity contribution in [3.05, 3.63) is 22.7 Å². The van der Waals surface area contributed by atoms with Crippen LogP contribution < -0.4 is 5.73 Å². The Hall–Kier alpha value is -0.590. The van der Waals surface area contributed by atoms with E-state index in [4.69, 9.17) is 5.73 Å². The van der Waals surface area contributed by atoms with Crippen molar-refractivity contribution < 1.29 is 8.42 Å². The fourth-order valence-corrected chi connectivity index (χ4v) is 4.35. The molecule has 0 radical (unpaired) electrons. The van der Waals surface area contributed by atoms with Crippen LogP contribution in [0.3, 0.4) is 0 Å². The number of nitrogen functional groups attached to an aromatic ring is 1. The second-order valence-corrected chi connectivity index (χ2v) is 7.56. The van der Waals surface area contributed by atoms with Gasteiger partial charge in [-0.25, -0.2) is 8.42 Å². The molecule has 1 rings (SSSR count). The maximum Gasteiger partial charge on any atom is 0.244 e. The molecular formula is C14H23BrN2O2S. The van der Waals surface area contributed by atoms with Crippen molar-refractivity contribution in [1.82, 2.24) is 4.31 Å². The van der Waals surface area contributed by atoms with Gasteiger partial charge >= 0.3 is 0 Å². The Kier molecular flexibility index (Phi) is 6.99. The second kappa shape index (κ2) is 8.00. The van der Waals surface area contributed by atoms with Crippen LogP contribution in [-0.4, -0.2) is 25.8 Å². The number of rotatable bonds is 8. The first-order valence-corrected chi connectivity index (χ1v) is 9.22. The van der Waals surface area contributed by atoms with Crippen molar-refractivity contribution in [2.24, 2.45) is 0 Å². The van der Waals surface area contributed by atoms with Crippen molar-refractivity contribution >= 4 is 31.6 Å². The zero-order chi connectivity index (χ0) is 15.2. The van der Waals surface area contributed by atoms with E-state index in [1.165, 1.54) is 6.07 Å². The van der Waals surface area contributed by atoms with Crippen molar-refractivity contribution in [3.8, 4) is 0 Å². The molecule has 0 atom stereocenters. The second-order valence-electron chi connectivity index (χ2n) is 4.80. The molecule has 0 aliphatic carbocycles. The molecule has 0 unspecified atom stereocenters. The number of hydrogen-bond acceptors (Lipinski definition) is 3. The molecule has 0 fully saturated rings. The molecule has 0 amide bonds. The molecule has 6 heteroatoms. The summed E-state index contributed by atoms with van der Waals surface area (Å²) in [6, 6.07) is 4.88. The fraction of sp³-hybridized carbons (Fsp3) is 0.571. The third-order valence-corrected chi connectivity index (χ3v) is 5.99. The summed E-state index contributed by atoms with van der Waals surface area (Å²) in [6.45, 7) is 5.22. The van der Waals surface area contributed by atoms with E-state index in [1.54, 1.807) is 16.4 Å². The van der Waals surface area contributed by atoms with E-state index in [9.17, 15) is 8.42 Å². The molecule has 0 aliphatic heterocycles. The predicted octanol–water partition coefficient (Wildman–Crippen LogP) is 3.62. The summed E-state index contributed by atoms with van der Waals surface area (Å²) >= 11 is 3.31. The normalized spacial score (nSPS) is 12.0. The van der Waals surface area contributed by atoms with Crippen molar-refractivity contribution in [1.29, 1.82) is 0 Å². The van der Waals surface area contributed by atoms with E-state index in [1.807, 2.05) is 0 Å². The maximum atomic E-state index is 12.8. The van der Waals surface area contributed by atoms with Crippen LogP contribution in [0.5, 0.6) is 0 Å². The number of benzene rings is 1. The minimum absolute atomic E-state index is 0.254. The molecule has 1 aromatic rings. The van der Waals surface area contributed by atoms with Gasteiger partial charge in [0.2, 0.25) is 10.0 Å². The maximum absolute atomic E-state index is 12.8. The SMILES string of the molecule is CCCCN(CCCC)S(=O)(=O)c1cc(N)ccc1Br. The number of nitrogens with two attached hydrogens (primary N) is 1. The summed E-state index contributed by atoms with van der Waals surface area (Å²) in [4.78, 5) is 0.254. The Morgan fingerprint density at radius 1 is 1.15 bits per heavy atom. The Balaban J connectivity index is 3.10. The van der Waals surface area contributed by atoms with E-state index in [-0.39, 0.29) is 4.90 Å². The highest BCUT2D eigenvalue weighted by atomic mass is 79.9. The average molecular weight is 363 g/mol. The smallest absolute Gasteiger partial charge is 0.244 e. The zero-order valence-corrected chi connectivity index (χ0v) is 14.5. The Labute approximate surface area is 130 Å². The molecule has 0 saturated heterocycles. The average Bonchev–Trinajstić information content (AvgIpc) is 2.41. The van der Waals surface area contributed by atoms with Crippen molar-refractivity contribution in [3.63, 3.8) is 0 Å². The Morgan fingerprint density at radius 2 is 1.70 bits per heavy atom. The molecule has 4 nitrogen and oxygen atoms in total. The Bertz CT molecular complexity index is 524. The lowest BCUT2D eigenvalue weighted by atomic mass is 10.3. The zero-order valence-electron chi connectivity index (χ0n) is 12.1. The van der Waals surface area contributed by atoms with Gasteiger partial charge in [-0.05, 0) is 47.0 Å². The van der Waals surface area contributed by atoms with Crippen LogP contribution in [0, 0.1) is 0 Å². The molecule has 2 N–H and O–H groups in total. The van der Waals surface area contributed by atoms with Crippen LogP contribution in [0.2, 0.25) is 0 Å². The van der Waals surface area contributed by atoms with Gasteiger partial charge in [-0.1, -0.05) is 26.7 Å². The Morgan fingerprint density at radius 3 is 2.20 bits per heavy atom. The summed E-state index contributed by atoms with van der Waals surface area (Å²) in [5.74, 6) is 0. The third-order valence-electron chi connectivity index (χ3n) is 3.10. The largest absolute Gasteiger partial charge is 0.399 e. The minimum Gasteiger partial charge on any atom is -0.399 e. The lowest BCUT2D eigenvalue weighted by Gasteiger charge is -2.22. The van der Waals surface area contributed by atoms with Gasteiger partial charge in [0.1, 0.15) is 0 Å². The first-order valence-electron chi connectivity index (χ1n) is 6.98. The topological polar surface area (TPSA) is 63.4 Å². The molecule has 0 heterocycles. The molecule has 0 saturated carbocycles. The highest BCUT2D eigenvalue weighted by Crippen LogP contribution is 2.27. The van der Waals surface area contributed by atoms with Crippen LogP contribution in [0.25, 0.3) is 0 Å². The summed E-state index contributed by atoms with van der Waals surface area (Å²) in [6.07, 6.45) is 3.66. The quantitative estimate of drug-likeness (QED) is 0.718. The highest BCUT2D eigenvalue weighted by Gasteiger charge is 2.25. The number of anilines is 1. The van der Waals surface area contributed by atoms with E-state index in [2.05, 4.69) is 29.8 Å². The van der Waals surface area contributed by atoms with Crippen LogP contribution in [0.1, 0.15) is 39.5 Å². The molecular weight excluding hydrogens is 340 g/mol. The summed E-state index contributed by atoms with van der Waals surface area (Å²) in [5, 5.41) is 0. The lowest BCUT2D eigenvalue weighted by Crippen LogP contribution is -2.33. The van der Waals surface area contributed by atoms with Gasteiger partial charge < -0.3 is 5.73 Å². The van der Waals surface area contributed by atoms with E-state index in [0.717, 1.165) is 25.7 Å². The summed E-state index contributed by atoms with van der Waals surface area (Å²) in [5.41, 5.74) is 6.18. The van der Waals surface area contributed by atoms with E-state index >= 15 is 0 Å². The molecule has 1 aromatic carbocycles. The molecule has 114 valence electrons. The third kappa shape index (κ3) is 4.46. The van der Waals surface area contributed by atoms with Gasteiger partial charge in [0.25, 0.3) is 0 Å². The van der Waals surface area contributed by atoms with E-state index in [0.29, 0.717) is 23.2 Å². The molecule has 0 spiro atoms. The summed E-state index contributed by atoms with van der Waals surface area (Å²) in [7, 11) is -3.49. The van der Waals surface area contributed by atoms with Crippen molar-refractivity contribution in [2.45, 2.75) is 44.4 Å². The van der Waals surface area contributed by atoms with Crippen molar-refractivity contribution in [2.75, 3.05) is 18.8 Å². The van der Waals surface area contributed by atoms with Crippen LogP contribution in [0.4, 0.5) is 5.69 Å². The van der Waals surface area contributed by atoms with Gasteiger partial charge in [-0.3, -0.25) is 0 Å². The molecule has 0 aliphatic rings. The number of halogens is 1. The van der Waals surface area contributed by atoms with Gasteiger partial charge in [0, 0.05) is 23.2 Å². The predicted molar refractivity (Wildman–Crippen MR) is 87.1 cm³/mol. The minimum atomic E-state index is -3.49. The number of nitrogens with zero attached hydrogens (tertiary/aromatic N) is 1. The number of hydrogen-bond donors (Lipinski definition) is 1. The first-order chi connectivity index (χ1) is 9.43. The van der Waals surface area contributed by atoms with Gasteiger partial charge in [0.15, 0.2) is 0 Å². The monoisotopic (exact) mass is 362 g/mol. The molecule has 20 heavy (non-hydrogen) atoms. The standard InChI is InChI=1S/C14H23BrN2O2S/c1-3-5-9-17(10-6-4-2)20(18,19)14-11-12(16)7-8-13(14)15/h7-8,11H,3-6,9-10,16H2,1-2H3. The van der Waals surface area contributed by atoms with Crippen LogP contribution in [0.15, 0.2) is 27.6 Å². The van der Waals surface area contributed by atoms with Gasteiger partial charge in [-0.15, -0.1) is 0 Å². The van der Waals surface area contributed by atoms with Crippen LogP contribution >= 0.6 is 15.9 Å². The van der Waals surface area contributed by atoms with Gasteiger partial charge in [0.05, 0.1) is 4.90 Å². The van der Waals surface area contributed by atoms with Gasteiger partial charge in [-0.2, -0.15) is 4.31 Å². The fourth-order valence-electron chi connectivity index (χ4n) is 1.88. The molecule has 0 aromatic heterocycles.